The van der Waals surface area contributed by atoms with Crippen molar-refractivity contribution in [1.82, 2.24) is 25.1 Å². The fourth-order valence-electron chi connectivity index (χ4n) is 4.78. The first-order chi connectivity index (χ1) is 13.9. The van der Waals surface area contributed by atoms with E-state index in [1.54, 1.807) is 4.90 Å². The van der Waals surface area contributed by atoms with E-state index in [0.29, 0.717) is 13.1 Å². The summed E-state index contributed by atoms with van der Waals surface area (Å²) >= 11 is 0. The Morgan fingerprint density at radius 2 is 1.90 bits per heavy atom. The van der Waals surface area contributed by atoms with Crippen LogP contribution in [0.3, 0.4) is 0 Å². The summed E-state index contributed by atoms with van der Waals surface area (Å²) in [6.07, 6.45) is 3.52. The van der Waals surface area contributed by atoms with Gasteiger partial charge in [-0.2, -0.15) is 0 Å². The molecule has 5 aliphatic heterocycles. The molecule has 3 saturated heterocycles. The number of fused-ring (bicyclic) bond motifs is 2. The second-order valence-electron chi connectivity index (χ2n) is 8.71. The summed E-state index contributed by atoms with van der Waals surface area (Å²) in [5.41, 5.74) is 5.80. The van der Waals surface area contributed by atoms with Gasteiger partial charge in [0.1, 0.15) is 11.6 Å². The minimum absolute atomic E-state index is 0.0257. The fraction of sp³-hybridized carbons (Fsp3) is 0.700. The summed E-state index contributed by atoms with van der Waals surface area (Å²) in [7, 11) is 2.14. The topological polar surface area (TPSA) is 54.4 Å². The van der Waals surface area contributed by atoms with Gasteiger partial charge in [0.15, 0.2) is 0 Å². The standard InChI is InChI=1S/C20H28F2N6O/c1-25-8-3-15-16(4-9-25)24-17-2-7-23-28(17)18(15)27-12-14(13-27)19(29)26-10-5-20(21,22)6-11-26/h2,14,23H,3-13H2,1H3. The van der Waals surface area contributed by atoms with Gasteiger partial charge in [-0.15, -0.1) is 0 Å². The largest absolute Gasteiger partial charge is 0.355 e. The number of likely N-dealkylation sites (tertiary alicyclic amines) is 3. The molecule has 5 heterocycles. The maximum absolute atomic E-state index is 13.4. The summed E-state index contributed by atoms with van der Waals surface area (Å²) in [5.74, 6) is -0.637. The molecule has 0 saturated carbocycles. The molecule has 3 fully saturated rings. The lowest BCUT2D eigenvalue weighted by Crippen LogP contribution is -2.58. The zero-order valence-corrected chi connectivity index (χ0v) is 16.8. The van der Waals surface area contributed by atoms with E-state index in [0.717, 1.165) is 49.8 Å². The molecule has 0 aliphatic carbocycles. The number of piperidine rings is 1. The predicted octanol–water partition coefficient (Wildman–Crippen LogP) is 1.23. The van der Waals surface area contributed by atoms with Gasteiger partial charge in [-0.25, -0.2) is 24.2 Å². The maximum atomic E-state index is 13.4. The Morgan fingerprint density at radius 1 is 1.17 bits per heavy atom. The Bertz CT molecular complexity index is 791. The van der Waals surface area contributed by atoms with Crippen LogP contribution in [0.4, 0.5) is 8.78 Å². The van der Waals surface area contributed by atoms with Crippen molar-refractivity contribution in [2.24, 2.45) is 10.9 Å². The van der Waals surface area contributed by atoms with Crippen LogP contribution in [-0.2, 0) is 4.79 Å². The molecule has 5 aliphatic rings. The molecular weight excluding hydrogens is 378 g/mol. The number of hydrogen-bond donors (Lipinski definition) is 1. The van der Waals surface area contributed by atoms with E-state index in [1.807, 2.05) is 0 Å². The SMILES string of the molecule is CN1CCC2=NC3=CCNN3C(N3CC(C(=O)N4CCC(F)(F)CC4)C3)=C2CC1. The quantitative estimate of drug-likeness (QED) is 0.748. The zero-order valence-electron chi connectivity index (χ0n) is 16.8. The molecule has 1 N–H and O–H groups in total. The van der Waals surface area contributed by atoms with E-state index < -0.39 is 5.92 Å². The Morgan fingerprint density at radius 3 is 2.66 bits per heavy atom. The molecule has 5 rings (SSSR count). The third kappa shape index (κ3) is 3.44. The minimum atomic E-state index is -2.62. The highest BCUT2D eigenvalue weighted by Gasteiger charge is 2.44. The molecule has 0 spiro atoms. The zero-order chi connectivity index (χ0) is 20.2. The van der Waals surface area contributed by atoms with E-state index in [-0.39, 0.29) is 37.8 Å². The number of hydrazine groups is 1. The van der Waals surface area contributed by atoms with E-state index in [2.05, 4.69) is 33.4 Å². The van der Waals surface area contributed by atoms with Gasteiger partial charge in [0.05, 0.1) is 11.6 Å². The molecule has 0 aromatic rings. The normalized spacial score (nSPS) is 27.8. The Kier molecular flexibility index (Phi) is 4.62. The van der Waals surface area contributed by atoms with Crippen LogP contribution in [-0.4, -0.2) is 90.1 Å². The fourth-order valence-corrected chi connectivity index (χ4v) is 4.78. The Balaban J connectivity index is 1.31. The third-order valence-corrected chi connectivity index (χ3v) is 6.65. The van der Waals surface area contributed by atoms with E-state index in [9.17, 15) is 13.6 Å². The number of alkyl halides is 2. The van der Waals surface area contributed by atoms with Gasteiger partial charge in [-0.05, 0) is 19.5 Å². The lowest BCUT2D eigenvalue weighted by molar-refractivity contribution is -0.146. The molecule has 0 atom stereocenters. The van der Waals surface area contributed by atoms with E-state index in [1.165, 1.54) is 5.57 Å². The van der Waals surface area contributed by atoms with Crippen LogP contribution >= 0.6 is 0 Å². The number of carbonyl (C=O) groups excluding carboxylic acids is 1. The van der Waals surface area contributed by atoms with Crippen LogP contribution in [0.5, 0.6) is 0 Å². The van der Waals surface area contributed by atoms with Gasteiger partial charge < -0.3 is 14.7 Å². The van der Waals surface area contributed by atoms with Crippen molar-refractivity contribution in [3.05, 3.63) is 23.3 Å². The van der Waals surface area contributed by atoms with Crippen molar-refractivity contribution >= 4 is 11.6 Å². The van der Waals surface area contributed by atoms with Crippen molar-refractivity contribution < 1.29 is 13.6 Å². The summed E-state index contributed by atoms with van der Waals surface area (Å²) < 4.78 is 26.8. The van der Waals surface area contributed by atoms with Crippen LogP contribution in [0.2, 0.25) is 0 Å². The molecule has 158 valence electrons. The highest BCUT2D eigenvalue weighted by Crippen LogP contribution is 2.36. The van der Waals surface area contributed by atoms with Crippen molar-refractivity contribution in [2.75, 3.05) is 52.9 Å². The summed E-state index contributed by atoms with van der Waals surface area (Å²) in [4.78, 5) is 23.9. The molecule has 0 bridgehead atoms. The van der Waals surface area contributed by atoms with Crippen molar-refractivity contribution in [3.63, 3.8) is 0 Å². The number of nitrogens with zero attached hydrogens (tertiary/aromatic N) is 5. The number of aliphatic imine (C=N–C) groups is 1. The molecular formula is C20H28F2N6O. The Labute approximate surface area is 169 Å². The van der Waals surface area contributed by atoms with Crippen molar-refractivity contribution in [1.29, 1.82) is 0 Å². The predicted molar refractivity (Wildman–Crippen MR) is 105 cm³/mol. The van der Waals surface area contributed by atoms with Gasteiger partial charge in [0.2, 0.25) is 5.91 Å². The van der Waals surface area contributed by atoms with Gasteiger partial charge in [-0.3, -0.25) is 4.79 Å². The number of amides is 1. The molecule has 0 radical (unpaired) electrons. The molecule has 29 heavy (non-hydrogen) atoms. The van der Waals surface area contributed by atoms with E-state index >= 15 is 0 Å². The molecule has 0 unspecified atom stereocenters. The van der Waals surface area contributed by atoms with Crippen LogP contribution in [0.15, 0.2) is 28.3 Å². The number of rotatable bonds is 2. The first-order valence-electron chi connectivity index (χ1n) is 10.6. The third-order valence-electron chi connectivity index (χ3n) is 6.65. The van der Waals surface area contributed by atoms with Crippen LogP contribution < -0.4 is 5.43 Å². The molecule has 0 aromatic carbocycles. The second kappa shape index (κ2) is 7.05. The molecule has 1 amide bonds. The summed E-state index contributed by atoms with van der Waals surface area (Å²) in [6.45, 7) is 4.35. The lowest BCUT2D eigenvalue weighted by Gasteiger charge is -2.47. The van der Waals surface area contributed by atoms with Crippen LogP contribution in [0, 0.1) is 5.92 Å². The Hall–Kier alpha value is -2.00. The monoisotopic (exact) mass is 406 g/mol. The highest BCUT2D eigenvalue weighted by molar-refractivity contribution is 6.02. The van der Waals surface area contributed by atoms with Crippen molar-refractivity contribution in [2.45, 2.75) is 31.6 Å². The van der Waals surface area contributed by atoms with E-state index in [4.69, 9.17) is 4.99 Å². The number of hydrogen-bond acceptors (Lipinski definition) is 6. The number of carbonyl (C=O) groups is 1. The minimum Gasteiger partial charge on any atom is -0.355 e. The average Bonchev–Trinajstić information content (AvgIpc) is 3.03. The highest BCUT2D eigenvalue weighted by atomic mass is 19.3. The van der Waals surface area contributed by atoms with Gasteiger partial charge in [0.25, 0.3) is 5.92 Å². The molecule has 0 aromatic heterocycles. The number of halogens is 2. The average molecular weight is 406 g/mol. The molecule has 7 nitrogen and oxygen atoms in total. The maximum Gasteiger partial charge on any atom is 0.251 e. The van der Waals surface area contributed by atoms with Crippen LogP contribution in [0.1, 0.15) is 25.7 Å². The summed E-state index contributed by atoms with van der Waals surface area (Å²) in [5, 5.41) is 2.06. The first kappa shape index (κ1) is 19.0. The van der Waals surface area contributed by atoms with Gasteiger partial charge in [0, 0.05) is 70.6 Å². The van der Waals surface area contributed by atoms with Gasteiger partial charge >= 0.3 is 0 Å². The smallest absolute Gasteiger partial charge is 0.251 e. The summed E-state index contributed by atoms with van der Waals surface area (Å²) in [6, 6.07) is 0. The van der Waals surface area contributed by atoms with Crippen LogP contribution in [0.25, 0.3) is 0 Å². The lowest BCUT2D eigenvalue weighted by atomic mass is 9.94. The van der Waals surface area contributed by atoms with Gasteiger partial charge in [-0.1, -0.05) is 0 Å². The van der Waals surface area contributed by atoms with Crippen molar-refractivity contribution in [3.8, 4) is 0 Å². The molecule has 9 heteroatoms. The second-order valence-corrected chi connectivity index (χ2v) is 8.71. The number of nitrogens with one attached hydrogen (secondary N) is 1. The first-order valence-corrected chi connectivity index (χ1v) is 10.6.